The lowest BCUT2D eigenvalue weighted by Gasteiger charge is -2.07. The smallest absolute Gasteiger partial charge is 0.331 e. The standard InChI is InChI=1S/C20H21NO5/c1-3-14-5-4-6-16(11-14)21-19(23)13-26-20(24)10-8-15-7-9-17(22)18(12-15)25-2/h4-12,22H,3,13H2,1-2H3,(H,21,23)/b10-8+. The average molecular weight is 355 g/mol. The predicted molar refractivity (Wildman–Crippen MR) is 99.1 cm³/mol. The first-order chi connectivity index (χ1) is 12.5. The van der Waals surface area contributed by atoms with E-state index in [0.29, 0.717) is 17.0 Å². The minimum atomic E-state index is -0.644. The maximum Gasteiger partial charge on any atom is 0.331 e. The van der Waals surface area contributed by atoms with Crippen molar-refractivity contribution in [2.24, 2.45) is 0 Å². The SMILES string of the molecule is CCc1cccc(NC(=O)COC(=O)/C=C/c2ccc(O)c(OC)c2)c1. The lowest BCUT2D eigenvalue weighted by molar-refractivity contribution is -0.142. The Kier molecular flexibility index (Phi) is 6.79. The molecular weight excluding hydrogens is 334 g/mol. The van der Waals surface area contributed by atoms with E-state index in [9.17, 15) is 14.7 Å². The van der Waals surface area contributed by atoms with Crippen molar-refractivity contribution in [1.82, 2.24) is 0 Å². The average Bonchev–Trinajstić information content (AvgIpc) is 2.65. The van der Waals surface area contributed by atoms with Gasteiger partial charge < -0.3 is 19.9 Å². The van der Waals surface area contributed by atoms with Crippen LogP contribution in [0.4, 0.5) is 5.69 Å². The molecule has 0 saturated carbocycles. The predicted octanol–water partition coefficient (Wildman–Crippen LogP) is 3.16. The lowest BCUT2D eigenvalue weighted by Crippen LogP contribution is -2.20. The van der Waals surface area contributed by atoms with E-state index in [4.69, 9.17) is 9.47 Å². The molecule has 0 spiro atoms. The largest absolute Gasteiger partial charge is 0.504 e. The Morgan fingerprint density at radius 2 is 2.00 bits per heavy atom. The number of ether oxygens (including phenoxy) is 2. The zero-order valence-corrected chi connectivity index (χ0v) is 14.7. The number of rotatable bonds is 7. The van der Waals surface area contributed by atoms with Gasteiger partial charge in [0, 0.05) is 11.8 Å². The number of hydrogen-bond acceptors (Lipinski definition) is 5. The number of nitrogens with one attached hydrogen (secondary N) is 1. The number of aromatic hydroxyl groups is 1. The quantitative estimate of drug-likeness (QED) is 0.589. The van der Waals surface area contributed by atoms with Crippen molar-refractivity contribution in [1.29, 1.82) is 0 Å². The number of esters is 1. The maximum absolute atomic E-state index is 11.9. The fourth-order valence-corrected chi connectivity index (χ4v) is 2.21. The van der Waals surface area contributed by atoms with E-state index >= 15 is 0 Å². The summed E-state index contributed by atoms with van der Waals surface area (Å²) in [5, 5.41) is 12.2. The Bertz CT molecular complexity index is 814. The summed E-state index contributed by atoms with van der Waals surface area (Å²) in [4.78, 5) is 23.6. The Morgan fingerprint density at radius 1 is 1.19 bits per heavy atom. The van der Waals surface area contributed by atoms with Crippen LogP contribution in [0.3, 0.4) is 0 Å². The van der Waals surface area contributed by atoms with Crippen LogP contribution >= 0.6 is 0 Å². The molecule has 0 aliphatic carbocycles. The number of phenols is 1. The zero-order valence-electron chi connectivity index (χ0n) is 14.7. The third-order valence-electron chi connectivity index (χ3n) is 3.58. The van der Waals surface area contributed by atoms with E-state index in [1.54, 1.807) is 18.2 Å². The van der Waals surface area contributed by atoms with Crippen LogP contribution in [0.25, 0.3) is 6.08 Å². The minimum absolute atomic E-state index is 0.0102. The van der Waals surface area contributed by atoms with Gasteiger partial charge in [0.05, 0.1) is 7.11 Å². The summed E-state index contributed by atoms with van der Waals surface area (Å²) in [6, 6.07) is 12.1. The summed E-state index contributed by atoms with van der Waals surface area (Å²) >= 11 is 0. The van der Waals surface area contributed by atoms with Crippen LogP contribution in [0, 0.1) is 0 Å². The summed E-state index contributed by atoms with van der Waals surface area (Å²) in [6.07, 6.45) is 3.58. The van der Waals surface area contributed by atoms with Crippen LogP contribution in [0.5, 0.6) is 11.5 Å². The normalized spacial score (nSPS) is 10.5. The highest BCUT2D eigenvalue weighted by Crippen LogP contribution is 2.26. The van der Waals surface area contributed by atoms with Crippen molar-refractivity contribution in [2.45, 2.75) is 13.3 Å². The van der Waals surface area contributed by atoms with E-state index in [0.717, 1.165) is 12.0 Å². The Balaban J connectivity index is 1.85. The van der Waals surface area contributed by atoms with Crippen molar-refractivity contribution in [3.63, 3.8) is 0 Å². The van der Waals surface area contributed by atoms with Crippen LogP contribution in [-0.2, 0) is 20.7 Å². The lowest BCUT2D eigenvalue weighted by atomic mass is 10.1. The molecule has 0 aliphatic rings. The van der Waals surface area contributed by atoms with E-state index in [-0.39, 0.29) is 12.4 Å². The number of hydrogen-bond donors (Lipinski definition) is 2. The molecule has 0 bridgehead atoms. The van der Waals surface area contributed by atoms with Gasteiger partial charge in [0.2, 0.25) is 0 Å². The number of amides is 1. The van der Waals surface area contributed by atoms with Gasteiger partial charge in [-0.15, -0.1) is 0 Å². The Morgan fingerprint density at radius 3 is 2.73 bits per heavy atom. The third-order valence-corrected chi connectivity index (χ3v) is 3.58. The van der Waals surface area contributed by atoms with E-state index in [1.807, 2.05) is 25.1 Å². The zero-order chi connectivity index (χ0) is 18.9. The van der Waals surface area contributed by atoms with E-state index in [1.165, 1.54) is 25.3 Å². The Hall–Kier alpha value is -3.28. The Labute approximate surface area is 152 Å². The molecule has 6 heteroatoms. The van der Waals surface area contributed by atoms with Crippen molar-refractivity contribution >= 4 is 23.6 Å². The molecule has 0 aliphatic heterocycles. The minimum Gasteiger partial charge on any atom is -0.504 e. The molecule has 6 nitrogen and oxygen atoms in total. The van der Waals surface area contributed by atoms with Gasteiger partial charge in [0.15, 0.2) is 18.1 Å². The van der Waals surface area contributed by atoms with E-state index < -0.39 is 11.9 Å². The molecule has 0 saturated heterocycles. The summed E-state index contributed by atoms with van der Waals surface area (Å²) in [5.74, 6) is -0.744. The van der Waals surface area contributed by atoms with Gasteiger partial charge in [-0.05, 0) is 47.9 Å². The molecular formula is C20H21NO5. The second-order valence-electron chi connectivity index (χ2n) is 5.47. The second-order valence-corrected chi connectivity index (χ2v) is 5.47. The molecule has 0 atom stereocenters. The fraction of sp³-hybridized carbons (Fsp3) is 0.200. The highest BCUT2D eigenvalue weighted by Gasteiger charge is 2.06. The molecule has 2 rings (SSSR count). The van der Waals surface area contributed by atoms with Crippen molar-refractivity contribution in [2.75, 3.05) is 19.0 Å². The van der Waals surface area contributed by atoms with Gasteiger partial charge in [0.1, 0.15) is 0 Å². The van der Waals surface area contributed by atoms with Crippen LogP contribution < -0.4 is 10.1 Å². The molecule has 1 amide bonds. The molecule has 136 valence electrons. The van der Waals surface area contributed by atoms with Gasteiger partial charge in [-0.2, -0.15) is 0 Å². The number of aryl methyl sites for hydroxylation is 1. The first-order valence-corrected chi connectivity index (χ1v) is 8.12. The summed E-state index contributed by atoms with van der Waals surface area (Å²) in [6.45, 7) is 1.65. The third kappa shape index (κ3) is 5.66. The summed E-state index contributed by atoms with van der Waals surface area (Å²) in [5.41, 5.74) is 2.42. The van der Waals surface area contributed by atoms with Gasteiger partial charge in [-0.25, -0.2) is 4.79 Å². The van der Waals surface area contributed by atoms with Crippen LogP contribution in [0.2, 0.25) is 0 Å². The van der Waals surface area contributed by atoms with Crippen molar-refractivity contribution in [3.05, 3.63) is 59.7 Å². The molecule has 2 aromatic rings. The molecule has 0 unspecified atom stereocenters. The fourth-order valence-electron chi connectivity index (χ4n) is 2.21. The molecule has 0 heterocycles. The summed E-state index contributed by atoms with van der Waals surface area (Å²) < 4.78 is 9.91. The van der Waals surface area contributed by atoms with Gasteiger partial charge in [-0.3, -0.25) is 4.79 Å². The van der Waals surface area contributed by atoms with Crippen LogP contribution in [0.15, 0.2) is 48.5 Å². The first kappa shape index (κ1) is 19.1. The first-order valence-electron chi connectivity index (χ1n) is 8.12. The second kappa shape index (κ2) is 9.27. The molecule has 0 aromatic heterocycles. The maximum atomic E-state index is 11.9. The van der Waals surface area contributed by atoms with Gasteiger partial charge in [0.25, 0.3) is 5.91 Å². The number of phenolic OH excluding ortho intramolecular Hbond substituents is 1. The molecule has 26 heavy (non-hydrogen) atoms. The highest BCUT2D eigenvalue weighted by molar-refractivity contribution is 5.94. The van der Waals surface area contributed by atoms with Crippen LogP contribution in [0.1, 0.15) is 18.1 Å². The highest BCUT2D eigenvalue weighted by atomic mass is 16.5. The number of anilines is 1. The molecule has 0 radical (unpaired) electrons. The number of benzene rings is 2. The van der Waals surface area contributed by atoms with Crippen LogP contribution in [-0.4, -0.2) is 30.7 Å². The number of carbonyl (C=O) groups is 2. The topological polar surface area (TPSA) is 84.9 Å². The van der Waals surface area contributed by atoms with Gasteiger partial charge in [-0.1, -0.05) is 25.1 Å². The van der Waals surface area contributed by atoms with Crippen molar-refractivity contribution in [3.8, 4) is 11.5 Å². The molecule has 2 N–H and O–H groups in total. The van der Waals surface area contributed by atoms with Crippen molar-refractivity contribution < 1.29 is 24.2 Å². The summed E-state index contributed by atoms with van der Waals surface area (Å²) in [7, 11) is 1.44. The van der Waals surface area contributed by atoms with E-state index in [2.05, 4.69) is 5.32 Å². The molecule has 2 aromatic carbocycles. The van der Waals surface area contributed by atoms with Gasteiger partial charge >= 0.3 is 5.97 Å². The molecule has 0 fully saturated rings. The monoisotopic (exact) mass is 355 g/mol. The number of carbonyl (C=O) groups excluding carboxylic acids is 2. The number of methoxy groups -OCH3 is 1.